The van der Waals surface area contributed by atoms with Crippen LogP contribution in [-0.2, 0) is 12.8 Å². The molecule has 0 spiro atoms. The van der Waals surface area contributed by atoms with Gasteiger partial charge in [0.25, 0.3) is 0 Å². The molecule has 0 aromatic heterocycles. The van der Waals surface area contributed by atoms with Crippen LogP contribution in [-0.4, -0.2) is 0 Å². The Morgan fingerprint density at radius 3 is 1.07 bits per heavy atom. The number of benzene rings is 8. The molecule has 8 aromatic rings. The summed E-state index contributed by atoms with van der Waals surface area (Å²) in [4.78, 5) is 4.85. The van der Waals surface area contributed by atoms with Crippen molar-refractivity contribution in [1.29, 1.82) is 0 Å². The van der Waals surface area contributed by atoms with Gasteiger partial charge in [0.05, 0.1) is 11.4 Å². The highest BCUT2D eigenvalue weighted by Crippen LogP contribution is 2.42. The monoisotopic (exact) mass is 776 g/mol. The summed E-state index contributed by atoms with van der Waals surface area (Å²) in [5.74, 6) is 0. The van der Waals surface area contributed by atoms with Crippen molar-refractivity contribution in [2.24, 2.45) is 0 Å². The Hall–Kier alpha value is -7.16. The van der Waals surface area contributed by atoms with Crippen molar-refractivity contribution < 1.29 is 0 Å². The van der Waals surface area contributed by atoms with Gasteiger partial charge in [-0.2, -0.15) is 0 Å². The molecule has 0 fully saturated rings. The third-order valence-corrected chi connectivity index (χ3v) is 11.2. The van der Waals surface area contributed by atoms with E-state index in [0.29, 0.717) is 0 Å². The summed E-state index contributed by atoms with van der Waals surface area (Å²) in [6.45, 7) is 8.92. The first kappa shape index (κ1) is 39.7. The van der Waals surface area contributed by atoms with Gasteiger partial charge in [-0.15, -0.1) is 0 Å². The van der Waals surface area contributed by atoms with Gasteiger partial charge < -0.3 is 9.80 Å². The molecule has 0 saturated carbocycles. The highest BCUT2D eigenvalue weighted by molar-refractivity contribution is 5.85. The zero-order valence-electron chi connectivity index (χ0n) is 35.1. The van der Waals surface area contributed by atoms with Crippen LogP contribution < -0.4 is 9.80 Å². The number of rotatable bonds is 13. The molecule has 0 heterocycles. The van der Waals surface area contributed by atoms with E-state index < -0.39 is 0 Å². The molecule has 2 heteroatoms. The van der Waals surface area contributed by atoms with Gasteiger partial charge >= 0.3 is 0 Å². The molecule has 2 nitrogen and oxygen atoms in total. The van der Waals surface area contributed by atoms with Crippen molar-refractivity contribution in [1.82, 2.24) is 0 Å². The molecule has 8 rings (SSSR count). The van der Waals surface area contributed by atoms with E-state index in [0.717, 1.165) is 46.7 Å². The molecule has 0 unspecified atom stereocenters. The summed E-state index contributed by atoms with van der Waals surface area (Å²) >= 11 is 0. The van der Waals surface area contributed by atoms with Crippen LogP contribution in [0.2, 0.25) is 0 Å². The molecule has 0 amide bonds. The van der Waals surface area contributed by atoms with Crippen molar-refractivity contribution >= 4 is 58.4 Å². The first-order chi connectivity index (χ1) is 29.5. The van der Waals surface area contributed by atoms with Crippen LogP contribution in [0.25, 0.3) is 35.4 Å². The fourth-order valence-corrected chi connectivity index (χ4v) is 8.12. The molecular formula is C58H52N2. The van der Waals surface area contributed by atoms with Crippen LogP contribution in [0.5, 0.6) is 0 Å². The Kier molecular flexibility index (Phi) is 12.3. The predicted molar refractivity (Wildman–Crippen MR) is 260 cm³/mol. The number of hydrogen-bond acceptors (Lipinski definition) is 2. The van der Waals surface area contributed by atoms with Crippen LogP contribution in [0.4, 0.5) is 34.1 Å². The molecule has 294 valence electrons. The quantitative estimate of drug-likeness (QED) is 0.108. The number of aryl methyl sites for hydroxylation is 4. The molecule has 0 aliphatic rings. The Morgan fingerprint density at radius 1 is 0.333 bits per heavy atom. The number of anilines is 6. The molecular weight excluding hydrogens is 725 g/mol. The number of nitrogens with zero attached hydrogens (tertiary/aromatic N) is 2. The van der Waals surface area contributed by atoms with Gasteiger partial charge in [-0.25, -0.2) is 0 Å². The summed E-state index contributed by atoms with van der Waals surface area (Å²) < 4.78 is 0. The van der Waals surface area contributed by atoms with Crippen molar-refractivity contribution in [3.05, 3.63) is 239 Å². The van der Waals surface area contributed by atoms with Crippen LogP contribution in [0.1, 0.15) is 58.4 Å². The Balaban J connectivity index is 1.14. The van der Waals surface area contributed by atoms with E-state index in [9.17, 15) is 0 Å². The fraction of sp³-hybridized carbons (Fsp3) is 0.103. The minimum atomic E-state index is 0.944. The summed E-state index contributed by atoms with van der Waals surface area (Å²) in [7, 11) is 0. The van der Waals surface area contributed by atoms with Crippen molar-refractivity contribution in [2.75, 3.05) is 9.80 Å². The third-order valence-electron chi connectivity index (χ3n) is 11.2. The maximum atomic E-state index is 2.43. The SMILES string of the molecule is CCc1cccc(C)c1N(c1ccc(-c2ccc(N(c3cccc(C=Cc4ccccc4)c3)c3c(C)cccc3CC)cc2)cc1)c1cccc(C=Cc2ccccc2)c1. The minimum absolute atomic E-state index is 0.944. The second kappa shape index (κ2) is 18.6. The van der Waals surface area contributed by atoms with Gasteiger partial charge in [0.2, 0.25) is 0 Å². The van der Waals surface area contributed by atoms with E-state index in [2.05, 4.69) is 256 Å². The van der Waals surface area contributed by atoms with Crippen molar-refractivity contribution in [3.63, 3.8) is 0 Å². The highest BCUT2D eigenvalue weighted by atomic mass is 15.2. The summed E-state index contributed by atoms with van der Waals surface area (Å²) in [6.07, 6.45) is 10.6. The van der Waals surface area contributed by atoms with E-state index in [1.165, 1.54) is 55.9 Å². The largest absolute Gasteiger partial charge is 0.310 e. The van der Waals surface area contributed by atoms with Gasteiger partial charge in [0, 0.05) is 22.7 Å². The number of hydrogen-bond donors (Lipinski definition) is 0. The van der Waals surface area contributed by atoms with E-state index in [1.54, 1.807) is 0 Å². The second-order valence-corrected chi connectivity index (χ2v) is 15.3. The van der Waals surface area contributed by atoms with Crippen LogP contribution in [0.3, 0.4) is 0 Å². The lowest BCUT2D eigenvalue weighted by Crippen LogP contribution is -2.14. The summed E-state index contributed by atoms with van der Waals surface area (Å²) in [6, 6.07) is 70.1. The molecule has 8 aromatic carbocycles. The first-order valence-corrected chi connectivity index (χ1v) is 21.1. The molecule has 0 N–H and O–H groups in total. The standard InChI is InChI=1S/C58H52N2/c1-5-49-25-13-17-43(3)57(49)59(55-27-15-23-47(41-55)31-29-45-19-9-7-10-20-45)53-37-33-51(34-38-53)52-35-39-54(40-36-52)60(58-44(4)18-14-26-50(58)6-2)56-28-16-24-48(42-56)32-30-46-21-11-8-12-22-46/h7-42H,5-6H2,1-4H3. The van der Waals surface area contributed by atoms with E-state index in [1.807, 2.05) is 0 Å². The van der Waals surface area contributed by atoms with Gasteiger partial charge in [-0.1, -0.05) is 184 Å². The Labute approximate surface area is 357 Å². The lowest BCUT2D eigenvalue weighted by molar-refractivity contribution is 1.10. The molecule has 0 bridgehead atoms. The molecule has 0 saturated heterocycles. The highest BCUT2D eigenvalue weighted by Gasteiger charge is 2.20. The summed E-state index contributed by atoms with van der Waals surface area (Å²) in [5, 5.41) is 0. The molecule has 0 aliphatic carbocycles. The van der Waals surface area contributed by atoms with E-state index in [-0.39, 0.29) is 0 Å². The van der Waals surface area contributed by atoms with Crippen molar-refractivity contribution in [3.8, 4) is 11.1 Å². The maximum absolute atomic E-state index is 2.43. The lowest BCUT2D eigenvalue weighted by atomic mass is 10.00. The van der Waals surface area contributed by atoms with Crippen LogP contribution in [0.15, 0.2) is 194 Å². The van der Waals surface area contributed by atoms with Crippen molar-refractivity contribution in [2.45, 2.75) is 40.5 Å². The lowest BCUT2D eigenvalue weighted by Gasteiger charge is -2.30. The van der Waals surface area contributed by atoms with E-state index in [4.69, 9.17) is 0 Å². The maximum Gasteiger partial charge on any atom is 0.0522 e. The number of para-hydroxylation sites is 2. The Bertz CT molecular complexity index is 2530. The summed E-state index contributed by atoms with van der Waals surface area (Å²) in [5.41, 5.74) is 19.2. The topological polar surface area (TPSA) is 6.48 Å². The first-order valence-electron chi connectivity index (χ1n) is 21.1. The van der Waals surface area contributed by atoms with Gasteiger partial charge in [0.15, 0.2) is 0 Å². The van der Waals surface area contributed by atoms with Crippen LogP contribution >= 0.6 is 0 Å². The average Bonchev–Trinajstić information content (AvgIpc) is 3.30. The fourth-order valence-electron chi connectivity index (χ4n) is 8.12. The molecule has 0 aliphatic heterocycles. The van der Waals surface area contributed by atoms with Gasteiger partial charge in [-0.3, -0.25) is 0 Å². The zero-order valence-corrected chi connectivity index (χ0v) is 35.1. The third kappa shape index (κ3) is 8.94. The molecule has 0 radical (unpaired) electrons. The Morgan fingerprint density at radius 2 is 0.683 bits per heavy atom. The molecule has 60 heavy (non-hydrogen) atoms. The second-order valence-electron chi connectivity index (χ2n) is 15.3. The minimum Gasteiger partial charge on any atom is -0.310 e. The van der Waals surface area contributed by atoms with Gasteiger partial charge in [0.1, 0.15) is 0 Å². The van der Waals surface area contributed by atoms with E-state index >= 15 is 0 Å². The van der Waals surface area contributed by atoms with Crippen LogP contribution in [0, 0.1) is 13.8 Å². The zero-order chi connectivity index (χ0) is 41.3. The molecule has 0 atom stereocenters. The smallest absolute Gasteiger partial charge is 0.0522 e. The normalized spacial score (nSPS) is 11.3. The van der Waals surface area contributed by atoms with Gasteiger partial charge in [-0.05, 0) is 131 Å². The average molecular weight is 777 g/mol. The predicted octanol–water partition coefficient (Wildman–Crippen LogP) is 16.4.